The third-order valence-corrected chi connectivity index (χ3v) is 5.68. The molecule has 1 aliphatic carbocycles. The average Bonchev–Trinajstić information content (AvgIpc) is 2.90. The van der Waals surface area contributed by atoms with E-state index in [1.54, 1.807) is 0 Å². The number of benzene rings is 1. The van der Waals surface area contributed by atoms with Crippen molar-refractivity contribution < 1.29 is 9.18 Å². The molecule has 0 N–H and O–H groups in total. The maximum absolute atomic E-state index is 12.7. The van der Waals surface area contributed by atoms with Gasteiger partial charge in [-0.15, -0.1) is 0 Å². The zero-order valence-electron chi connectivity index (χ0n) is 22.5. The van der Waals surface area contributed by atoms with E-state index in [0.717, 1.165) is 57.3 Å². The highest BCUT2D eigenvalue weighted by Crippen LogP contribution is 2.19. The van der Waals surface area contributed by atoms with Gasteiger partial charge in [-0.1, -0.05) is 87.4 Å². The van der Waals surface area contributed by atoms with Crippen molar-refractivity contribution in [2.75, 3.05) is 19.8 Å². The Balaban J connectivity index is 0.000000425. The number of allylic oxidation sites excluding steroid dienone is 4. The molecule has 3 rings (SSSR count). The smallest absolute Gasteiger partial charge is 0.272 e. The fourth-order valence-corrected chi connectivity index (χ4v) is 3.92. The summed E-state index contributed by atoms with van der Waals surface area (Å²) in [5.74, 6) is 0.0511. The van der Waals surface area contributed by atoms with Gasteiger partial charge in [-0.25, -0.2) is 4.98 Å². The molecule has 1 aliphatic rings. The summed E-state index contributed by atoms with van der Waals surface area (Å²) in [6.07, 6.45) is 10.9. The van der Waals surface area contributed by atoms with Crippen molar-refractivity contribution >= 4 is 5.91 Å². The van der Waals surface area contributed by atoms with Crippen LogP contribution < -0.4 is 0 Å². The summed E-state index contributed by atoms with van der Waals surface area (Å²) in [5.41, 5.74) is 5.41. The second-order valence-electron chi connectivity index (χ2n) is 8.48. The summed E-state index contributed by atoms with van der Waals surface area (Å²) in [7, 11) is 0. The van der Waals surface area contributed by atoms with E-state index in [1.165, 1.54) is 16.7 Å². The van der Waals surface area contributed by atoms with Crippen molar-refractivity contribution in [3.63, 3.8) is 0 Å². The number of halogens is 1. The standard InChI is InChI=1S/C20H26N2O.C9H13F.C2H6/c1-3-15-22(16-9-12-17-10-6-5-7-11-17)20(23)19-14-8-13-18(4-2)21-19;1-8-3-2-4-9(7-8)5-6-10;1-2/h5-8,10-11,13-14H,3-4,9,12,15-16H2,1-2H3;3,7H,2,4-6H2,1H3;1-2H3. The van der Waals surface area contributed by atoms with Crippen molar-refractivity contribution in [3.05, 3.63) is 88.8 Å². The van der Waals surface area contributed by atoms with E-state index in [2.05, 4.69) is 62.2 Å². The Morgan fingerprint density at radius 3 is 2.37 bits per heavy atom. The van der Waals surface area contributed by atoms with E-state index < -0.39 is 0 Å². The summed E-state index contributed by atoms with van der Waals surface area (Å²) >= 11 is 0. The van der Waals surface area contributed by atoms with Crippen molar-refractivity contribution in [1.82, 2.24) is 9.88 Å². The summed E-state index contributed by atoms with van der Waals surface area (Å²) in [5, 5.41) is 0. The normalized spacial score (nSPS) is 12.3. The van der Waals surface area contributed by atoms with Crippen LogP contribution in [0.2, 0.25) is 0 Å². The predicted octanol–water partition coefficient (Wildman–Crippen LogP) is 8.17. The minimum Gasteiger partial charge on any atom is -0.337 e. The molecular formula is C31H45FN2O. The Bertz CT molecular complexity index is 905. The molecule has 0 saturated heterocycles. The van der Waals surface area contributed by atoms with E-state index in [4.69, 9.17) is 0 Å². The lowest BCUT2D eigenvalue weighted by Crippen LogP contribution is -2.33. The van der Waals surface area contributed by atoms with Gasteiger partial charge in [0.25, 0.3) is 5.91 Å². The molecule has 0 unspecified atom stereocenters. The van der Waals surface area contributed by atoms with Crippen LogP contribution in [0.5, 0.6) is 0 Å². The fraction of sp³-hybridized carbons (Fsp3) is 0.484. The number of rotatable bonds is 10. The molecular weight excluding hydrogens is 435 g/mol. The van der Waals surface area contributed by atoms with Gasteiger partial charge in [-0.3, -0.25) is 9.18 Å². The minimum absolute atomic E-state index is 0.0511. The molecule has 2 aromatic rings. The summed E-state index contributed by atoms with van der Waals surface area (Å²) in [6.45, 7) is 11.6. The van der Waals surface area contributed by atoms with Crippen molar-refractivity contribution in [3.8, 4) is 0 Å². The molecule has 3 nitrogen and oxygen atoms in total. The molecule has 1 aromatic carbocycles. The maximum Gasteiger partial charge on any atom is 0.272 e. The van der Waals surface area contributed by atoms with Crippen molar-refractivity contribution in [2.45, 2.75) is 79.6 Å². The number of carbonyl (C=O) groups excluding carboxylic acids is 1. The lowest BCUT2D eigenvalue weighted by molar-refractivity contribution is 0.0747. The molecule has 0 radical (unpaired) electrons. The number of aryl methyl sites for hydroxylation is 2. The quantitative estimate of drug-likeness (QED) is 0.343. The van der Waals surface area contributed by atoms with Gasteiger partial charge < -0.3 is 4.90 Å². The topological polar surface area (TPSA) is 33.2 Å². The predicted molar refractivity (Wildman–Crippen MR) is 148 cm³/mol. The van der Waals surface area contributed by atoms with Crippen LogP contribution in [0.3, 0.4) is 0 Å². The van der Waals surface area contributed by atoms with Crippen LogP contribution >= 0.6 is 0 Å². The SMILES string of the molecule is CC.CC1=CCCC(CCF)=C1.CCCN(CCCc1ccccc1)C(=O)c1cccc(CC)n1. The summed E-state index contributed by atoms with van der Waals surface area (Å²) in [4.78, 5) is 19.1. The molecule has 1 heterocycles. The number of carbonyl (C=O) groups is 1. The lowest BCUT2D eigenvalue weighted by Gasteiger charge is -2.22. The molecule has 1 amide bonds. The maximum atomic E-state index is 12.7. The summed E-state index contributed by atoms with van der Waals surface area (Å²) in [6, 6.07) is 16.1. The Labute approximate surface area is 213 Å². The van der Waals surface area contributed by atoms with Gasteiger partial charge in [0.05, 0.1) is 6.67 Å². The van der Waals surface area contributed by atoms with Crippen molar-refractivity contribution in [2.24, 2.45) is 0 Å². The van der Waals surface area contributed by atoms with Crippen LogP contribution in [0.1, 0.15) is 88.5 Å². The highest BCUT2D eigenvalue weighted by atomic mass is 19.1. The van der Waals surface area contributed by atoms with Gasteiger partial charge in [0.1, 0.15) is 5.69 Å². The lowest BCUT2D eigenvalue weighted by atomic mass is 9.98. The number of hydrogen-bond donors (Lipinski definition) is 0. The first-order valence-electron chi connectivity index (χ1n) is 13.3. The number of amides is 1. The van der Waals surface area contributed by atoms with Gasteiger partial charge >= 0.3 is 0 Å². The van der Waals surface area contributed by atoms with E-state index >= 15 is 0 Å². The van der Waals surface area contributed by atoms with Crippen LogP contribution in [-0.4, -0.2) is 35.6 Å². The average molecular weight is 481 g/mol. The van der Waals surface area contributed by atoms with Crippen molar-refractivity contribution in [1.29, 1.82) is 0 Å². The Morgan fingerprint density at radius 2 is 1.74 bits per heavy atom. The summed E-state index contributed by atoms with van der Waals surface area (Å²) < 4.78 is 11.8. The van der Waals surface area contributed by atoms with Gasteiger partial charge in [0, 0.05) is 18.8 Å². The number of alkyl halides is 1. The zero-order chi connectivity index (χ0) is 25.9. The molecule has 0 bridgehead atoms. The first-order chi connectivity index (χ1) is 17.1. The molecule has 0 atom stereocenters. The van der Waals surface area contributed by atoms with E-state index in [-0.39, 0.29) is 12.6 Å². The molecule has 192 valence electrons. The van der Waals surface area contributed by atoms with Crippen LogP contribution in [0.25, 0.3) is 0 Å². The number of aromatic nitrogens is 1. The molecule has 0 saturated carbocycles. The second-order valence-corrected chi connectivity index (χ2v) is 8.48. The first-order valence-corrected chi connectivity index (χ1v) is 13.3. The molecule has 0 fully saturated rings. The van der Waals surface area contributed by atoms with Gasteiger partial charge in [-0.2, -0.15) is 0 Å². The molecule has 4 heteroatoms. The van der Waals surface area contributed by atoms with E-state index in [9.17, 15) is 9.18 Å². The second kappa shape index (κ2) is 18.6. The third-order valence-electron chi connectivity index (χ3n) is 5.68. The van der Waals surface area contributed by atoms with Gasteiger partial charge in [0.15, 0.2) is 0 Å². The first kappa shape index (κ1) is 30.3. The monoisotopic (exact) mass is 480 g/mol. The number of hydrogen-bond acceptors (Lipinski definition) is 2. The van der Waals surface area contributed by atoms with E-state index in [1.807, 2.05) is 43.0 Å². The molecule has 35 heavy (non-hydrogen) atoms. The molecule has 0 spiro atoms. The largest absolute Gasteiger partial charge is 0.337 e. The number of pyridine rings is 1. The Morgan fingerprint density at radius 1 is 1.00 bits per heavy atom. The van der Waals surface area contributed by atoms with Gasteiger partial charge in [0.2, 0.25) is 0 Å². The van der Waals surface area contributed by atoms with Gasteiger partial charge in [-0.05, 0) is 69.6 Å². The number of nitrogens with zero attached hydrogens (tertiary/aromatic N) is 2. The fourth-order valence-electron chi connectivity index (χ4n) is 3.92. The minimum atomic E-state index is -0.209. The van der Waals surface area contributed by atoms with Crippen LogP contribution in [0.15, 0.2) is 71.8 Å². The highest BCUT2D eigenvalue weighted by molar-refractivity contribution is 5.92. The Hall–Kier alpha value is -2.75. The Kier molecular flexibility index (Phi) is 16.1. The highest BCUT2D eigenvalue weighted by Gasteiger charge is 2.16. The molecule has 1 aromatic heterocycles. The third kappa shape index (κ3) is 12.0. The zero-order valence-corrected chi connectivity index (χ0v) is 22.5. The molecule has 0 aliphatic heterocycles. The van der Waals surface area contributed by atoms with E-state index in [0.29, 0.717) is 12.1 Å². The van der Waals surface area contributed by atoms with Crippen LogP contribution in [-0.2, 0) is 12.8 Å². The van der Waals surface area contributed by atoms with Crippen LogP contribution in [0, 0.1) is 0 Å². The van der Waals surface area contributed by atoms with Crippen LogP contribution in [0.4, 0.5) is 4.39 Å².